The summed E-state index contributed by atoms with van der Waals surface area (Å²) in [6, 6.07) is 0.874. The van der Waals surface area contributed by atoms with Crippen molar-refractivity contribution in [3.63, 3.8) is 0 Å². The van der Waals surface area contributed by atoms with E-state index in [2.05, 4.69) is 0 Å². The van der Waals surface area contributed by atoms with Crippen molar-refractivity contribution in [2.24, 2.45) is 0 Å². The Bertz CT molecular complexity index is 554. The molecular weight excluding hydrogens is 254 g/mol. The van der Waals surface area contributed by atoms with Crippen molar-refractivity contribution in [2.45, 2.75) is 24.4 Å². The fourth-order valence-corrected chi connectivity index (χ4v) is 1.73. The molecule has 9 heteroatoms. The van der Waals surface area contributed by atoms with E-state index in [1.165, 1.54) is 0 Å². The lowest BCUT2D eigenvalue weighted by atomic mass is 10.1. The van der Waals surface area contributed by atoms with E-state index in [4.69, 9.17) is 9.84 Å². The molecule has 1 fully saturated rings. The Balaban J connectivity index is 2.45. The standard InChI is InChI=1S/C9H10F2N2O5/c10-9(11)6(16)4(3-14)18-7(9)13-2-1-5(15)12-8(13)17/h1-2,4,6-7,14,16H,3H2,(H,12,15,17)/t4-,6+,7+/m0/s1. The minimum atomic E-state index is -3.75. The van der Waals surface area contributed by atoms with E-state index in [-0.39, 0.29) is 0 Å². The predicted octanol–water partition coefficient (Wildman–Crippen LogP) is -1.58. The molecule has 2 rings (SSSR count). The lowest BCUT2D eigenvalue weighted by Crippen LogP contribution is -2.42. The summed E-state index contributed by atoms with van der Waals surface area (Å²) in [6.07, 6.45) is -4.96. The molecule has 0 saturated carbocycles. The highest BCUT2D eigenvalue weighted by molar-refractivity contribution is 4.97. The molecule has 1 aliphatic rings. The molecule has 1 saturated heterocycles. The van der Waals surface area contributed by atoms with E-state index >= 15 is 0 Å². The fourth-order valence-electron chi connectivity index (χ4n) is 1.73. The first kappa shape index (κ1) is 12.9. The van der Waals surface area contributed by atoms with Crippen LogP contribution in [0, 0.1) is 0 Å². The van der Waals surface area contributed by atoms with Crippen molar-refractivity contribution in [3.05, 3.63) is 33.1 Å². The first-order valence-corrected chi connectivity index (χ1v) is 5.01. The van der Waals surface area contributed by atoms with Crippen molar-refractivity contribution in [2.75, 3.05) is 6.61 Å². The SMILES string of the molecule is O=c1ccn([C@@H]2O[C@@H](CO)[C@@H](O)C2(F)F)c(=O)[nH]1. The van der Waals surface area contributed by atoms with E-state index in [1.54, 1.807) is 4.98 Å². The number of H-pyrrole nitrogens is 1. The van der Waals surface area contributed by atoms with Gasteiger partial charge in [-0.25, -0.2) is 4.79 Å². The Hall–Kier alpha value is -1.58. The average molecular weight is 264 g/mol. The number of halogens is 2. The Morgan fingerprint density at radius 3 is 2.67 bits per heavy atom. The van der Waals surface area contributed by atoms with Crippen LogP contribution in [0.2, 0.25) is 0 Å². The van der Waals surface area contributed by atoms with Crippen LogP contribution in [0.3, 0.4) is 0 Å². The van der Waals surface area contributed by atoms with E-state index in [0.29, 0.717) is 4.57 Å². The molecule has 2 heterocycles. The normalized spacial score (nSPS) is 30.6. The first-order chi connectivity index (χ1) is 8.37. The Morgan fingerprint density at radius 1 is 1.50 bits per heavy atom. The van der Waals surface area contributed by atoms with Gasteiger partial charge in [0.1, 0.15) is 6.10 Å². The van der Waals surface area contributed by atoms with Crippen molar-refractivity contribution in [1.82, 2.24) is 9.55 Å². The summed E-state index contributed by atoms with van der Waals surface area (Å²) in [6.45, 7) is -0.814. The molecule has 3 atom stereocenters. The number of hydrogen-bond acceptors (Lipinski definition) is 5. The lowest BCUT2D eigenvalue weighted by Gasteiger charge is -2.20. The van der Waals surface area contributed by atoms with Gasteiger partial charge < -0.3 is 14.9 Å². The monoisotopic (exact) mass is 264 g/mol. The summed E-state index contributed by atoms with van der Waals surface area (Å²) in [5.41, 5.74) is -1.82. The maximum atomic E-state index is 13.7. The van der Waals surface area contributed by atoms with Gasteiger partial charge in [-0.2, -0.15) is 8.78 Å². The minimum absolute atomic E-state index is 0.459. The molecule has 0 amide bonds. The molecule has 3 N–H and O–H groups in total. The van der Waals surface area contributed by atoms with E-state index < -0.39 is 42.2 Å². The Labute approximate surface area is 98.3 Å². The van der Waals surface area contributed by atoms with Crippen LogP contribution < -0.4 is 11.2 Å². The first-order valence-electron chi connectivity index (χ1n) is 5.01. The molecule has 0 unspecified atom stereocenters. The molecule has 18 heavy (non-hydrogen) atoms. The number of alkyl halides is 2. The van der Waals surface area contributed by atoms with Gasteiger partial charge >= 0.3 is 11.6 Å². The summed E-state index contributed by atoms with van der Waals surface area (Å²) in [4.78, 5) is 24.0. The van der Waals surface area contributed by atoms with Crippen LogP contribution in [-0.4, -0.2) is 44.5 Å². The number of nitrogens with one attached hydrogen (secondary N) is 1. The molecule has 100 valence electrons. The number of aromatic nitrogens is 2. The summed E-state index contributed by atoms with van der Waals surface area (Å²) < 4.78 is 32.5. The highest BCUT2D eigenvalue weighted by atomic mass is 19.3. The zero-order chi connectivity index (χ0) is 13.5. The van der Waals surface area contributed by atoms with E-state index in [1.807, 2.05) is 0 Å². The number of aromatic amines is 1. The van der Waals surface area contributed by atoms with Gasteiger partial charge in [0.05, 0.1) is 6.61 Å². The minimum Gasteiger partial charge on any atom is -0.394 e. The summed E-state index contributed by atoms with van der Waals surface area (Å²) >= 11 is 0. The highest BCUT2D eigenvalue weighted by Gasteiger charge is 2.59. The van der Waals surface area contributed by atoms with Crippen molar-refractivity contribution in [1.29, 1.82) is 0 Å². The predicted molar refractivity (Wildman–Crippen MR) is 53.3 cm³/mol. The molecule has 1 aromatic heterocycles. The van der Waals surface area contributed by atoms with Gasteiger partial charge in [-0.15, -0.1) is 0 Å². The zero-order valence-corrected chi connectivity index (χ0v) is 8.92. The van der Waals surface area contributed by atoms with Gasteiger partial charge in [0.15, 0.2) is 6.10 Å². The smallest absolute Gasteiger partial charge is 0.330 e. The lowest BCUT2D eigenvalue weighted by molar-refractivity contribution is -0.141. The molecule has 0 bridgehead atoms. The molecule has 0 radical (unpaired) electrons. The Kier molecular flexibility index (Phi) is 3.05. The summed E-state index contributed by atoms with van der Waals surface area (Å²) in [5.74, 6) is -3.75. The van der Waals surface area contributed by atoms with Gasteiger partial charge in [-0.1, -0.05) is 0 Å². The van der Waals surface area contributed by atoms with Crippen LogP contribution in [0.25, 0.3) is 0 Å². The number of hydrogen-bond donors (Lipinski definition) is 3. The van der Waals surface area contributed by atoms with Gasteiger partial charge in [-0.05, 0) is 0 Å². The molecule has 7 nitrogen and oxygen atoms in total. The zero-order valence-electron chi connectivity index (χ0n) is 8.92. The summed E-state index contributed by atoms with van der Waals surface area (Å²) in [5, 5.41) is 18.1. The number of aliphatic hydroxyl groups excluding tert-OH is 2. The maximum Gasteiger partial charge on any atom is 0.330 e. The van der Waals surface area contributed by atoms with Crippen LogP contribution in [0.5, 0.6) is 0 Å². The third-order valence-corrected chi connectivity index (χ3v) is 2.66. The van der Waals surface area contributed by atoms with Crippen LogP contribution in [0.15, 0.2) is 21.9 Å². The van der Waals surface area contributed by atoms with Crippen LogP contribution >= 0.6 is 0 Å². The van der Waals surface area contributed by atoms with Crippen LogP contribution in [0.1, 0.15) is 6.23 Å². The number of ether oxygens (including phenoxy) is 1. The van der Waals surface area contributed by atoms with Crippen molar-refractivity contribution in [3.8, 4) is 0 Å². The van der Waals surface area contributed by atoms with E-state index in [9.17, 15) is 23.5 Å². The van der Waals surface area contributed by atoms with Crippen molar-refractivity contribution >= 4 is 0 Å². The van der Waals surface area contributed by atoms with Gasteiger partial charge in [-0.3, -0.25) is 14.3 Å². The number of aliphatic hydroxyl groups is 2. The molecule has 1 aromatic rings. The highest BCUT2D eigenvalue weighted by Crippen LogP contribution is 2.41. The molecule has 1 aliphatic heterocycles. The maximum absolute atomic E-state index is 13.7. The third kappa shape index (κ3) is 1.85. The second-order valence-corrected chi connectivity index (χ2v) is 3.85. The summed E-state index contributed by atoms with van der Waals surface area (Å²) in [7, 11) is 0. The molecule has 0 aromatic carbocycles. The Morgan fingerprint density at radius 2 is 2.17 bits per heavy atom. The average Bonchev–Trinajstić information content (AvgIpc) is 2.52. The van der Waals surface area contributed by atoms with Crippen LogP contribution in [0.4, 0.5) is 8.78 Å². The van der Waals surface area contributed by atoms with Crippen molar-refractivity contribution < 1.29 is 23.7 Å². The van der Waals surface area contributed by atoms with E-state index in [0.717, 1.165) is 12.3 Å². The molecule has 0 spiro atoms. The van der Waals surface area contributed by atoms with Gasteiger partial charge in [0, 0.05) is 12.3 Å². The second-order valence-electron chi connectivity index (χ2n) is 3.85. The topological polar surface area (TPSA) is 105 Å². The van der Waals surface area contributed by atoms with Gasteiger partial charge in [0.2, 0.25) is 6.23 Å². The molecular formula is C9H10F2N2O5. The third-order valence-electron chi connectivity index (χ3n) is 2.66. The molecule has 0 aliphatic carbocycles. The van der Waals surface area contributed by atoms with Gasteiger partial charge in [0.25, 0.3) is 5.56 Å². The number of nitrogens with zero attached hydrogens (tertiary/aromatic N) is 1. The second kappa shape index (κ2) is 4.26. The fraction of sp³-hybridized carbons (Fsp3) is 0.556. The quantitative estimate of drug-likeness (QED) is 0.598. The number of rotatable bonds is 2. The largest absolute Gasteiger partial charge is 0.394 e. The van der Waals surface area contributed by atoms with Crippen LogP contribution in [-0.2, 0) is 4.74 Å².